The van der Waals surface area contributed by atoms with Crippen LogP contribution < -0.4 is 16.6 Å². The van der Waals surface area contributed by atoms with E-state index in [1.54, 1.807) is 0 Å². The fraction of sp³-hybridized carbons (Fsp3) is 0.231. The van der Waals surface area contributed by atoms with E-state index < -0.39 is 5.82 Å². The molecule has 4 N–H and O–H groups in total. The molecule has 0 radical (unpaired) electrons. The van der Waals surface area contributed by atoms with E-state index in [0.29, 0.717) is 5.92 Å². The van der Waals surface area contributed by atoms with Gasteiger partial charge in [0.1, 0.15) is 0 Å². The molecule has 0 fully saturated rings. The summed E-state index contributed by atoms with van der Waals surface area (Å²) in [6, 6.07) is 7.75. The highest BCUT2D eigenvalue weighted by molar-refractivity contribution is 5.58. The maximum atomic E-state index is 13.6. The van der Waals surface area contributed by atoms with Gasteiger partial charge in [0.05, 0.1) is 6.20 Å². The van der Waals surface area contributed by atoms with Gasteiger partial charge in [-0.1, -0.05) is 26.0 Å². The summed E-state index contributed by atoms with van der Waals surface area (Å²) in [5.74, 6) is 5.31. The van der Waals surface area contributed by atoms with Crippen molar-refractivity contribution in [3.8, 4) is 0 Å². The van der Waals surface area contributed by atoms with Gasteiger partial charge in [-0.3, -0.25) is 5.43 Å². The molecule has 0 bridgehead atoms. The standard InChI is InChI=1S/C13H16FN5/c1-8(2)9-4-3-5-10(6-9)17-12-11(14)7-16-13(18-12)19-15/h3-8H,15H2,1-2H3,(H2,16,17,18,19). The summed E-state index contributed by atoms with van der Waals surface area (Å²) >= 11 is 0. The van der Waals surface area contributed by atoms with Crippen LogP contribution in [0.5, 0.6) is 0 Å². The quantitative estimate of drug-likeness (QED) is 0.583. The number of benzene rings is 1. The van der Waals surface area contributed by atoms with Crippen molar-refractivity contribution in [1.29, 1.82) is 0 Å². The van der Waals surface area contributed by atoms with E-state index in [2.05, 4.69) is 34.6 Å². The number of nitrogen functional groups attached to an aromatic ring is 1. The Morgan fingerprint density at radius 3 is 2.79 bits per heavy atom. The van der Waals surface area contributed by atoms with Crippen molar-refractivity contribution in [3.05, 3.63) is 41.8 Å². The van der Waals surface area contributed by atoms with Crippen LogP contribution in [0.2, 0.25) is 0 Å². The van der Waals surface area contributed by atoms with Crippen molar-refractivity contribution in [2.24, 2.45) is 5.84 Å². The average Bonchev–Trinajstić information content (AvgIpc) is 2.41. The molecule has 1 aromatic carbocycles. The van der Waals surface area contributed by atoms with Crippen molar-refractivity contribution in [2.75, 3.05) is 10.7 Å². The number of nitrogens with one attached hydrogen (secondary N) is 2. The van der Waals surface area contributed by atoms with Crippen LogP contribution in [0.1, 0.15) is 25.3 Å². The number of anilines is 3. The first-order valence-electron chi connectivity index (χ1n) is 5.96. The molecule has 0 atom stereocenters. The van der Waals surface area contributed by atoms with Crippen LogP contribution in [-0.4, -0.2) is 9.97 Å². The third-order valence-corrected chi connectivity index (χ3v) is 2.69. The number of hydrazine groups is 1. The van der Waals surface area contributed by atoms with Gasteiger partial charge in [0, 0.05) is 5.69 Å². The molecule has 100 valence electrons. The van der Waals surface area contributed by atoms with Crippen LogP contribution in [0.15, 0.2) is 30.5 Å². The zero-order valence-electron chi connectivity index (χ0n) is 10.8. The number of rotatable bonds is 4. The molecule has 0 spiro atoms. The predicted octanol–water partition coefficient (Wildman–Crippen LogP) is 2.77. The van der Waals surface area contributed by atoms with Crippen LogP contribution in [0.25, 0.3) is 0 Å². The van der Waals surface area contributed by atoms with Crippen molar-refractivity contribution in [1.82, 2.24) is 9.97 Å². The first-order valence-corrected chi connectivity index (χ1v) is 5.96. The Bertz CT molecular complexity index is 571. The van der Waals surface area contributed by atoms with Gasteiger partial charge in [-0.05, 0) is 23.6 Å². The molecule has 1 heterocycles. The van der Waals surface area contributed by atoms with Crippen LogP contribution in [0.4, 0.5) is 21.8 Å². The molecule has 0 aliphatic heterocycles. The third-order valence-electron chi connectivity index (χ3n) is 2.69. The van der Waals surface area contributed by atoms with Gasteiger partial charge in [0.25, 0.3) is 0 Å². The highest BCUT2D eigenvalue weighted by atomic mass is 19.1. The lowest BCUT2D eigenvalue weighted by Gasteiger charge is -2.10. The van der Waals surface area contributed by atoms with Crippen LogP contribution in [0, 0.1) is 5.82 Å². The third kappa shape index (κ3) is 3.17. The number of halogens is 1. The van der Waals surface area contributed by atoms with Crippen LogP contribution in [-0.2, 0) is 0 Å². The lowest BCUT2D eigenvalue weighted by atomic mass is 10.0. The summed E-state index contributed by atoms with van der Waals surface area (Å²) in [5.41, 5.74) is 4.21. The Balaban J connectivity index is 2.28. The van der Waals surface area contributed by atoms with E-state index in [4.69, 9.17) is 5.84 Å². The van der Waals surface area contributed by atoms with E-state index in [1.165, 1.54) is 0 Å². The summed E-state index contributed by atoms with van der Waals surface area (Å²) in [5, 5.41) is 2.92. The Labute approximate surface area is 111 Å². The molecule has 5 nitrogen and oxygen atoms in total. The minimum Gasteiger partial charge on any atom is -0.338 e. The first kappa shape index (κ1) is 13.2. The summed E-state index contributed by atoms with van der Waals surface area (Å²) in [4.78, 5) is 7.61. The Hall–Kier alpha value is -2.21. The van der Waals surface area contributed by atoms with Gasteiger partial charge < -0.3 is 5.32 Å². The first-order chi connectivity index (χ1) is 9.10. The van der Waals surface area contributed by atoms with Crippen molar-refractivity contribution in [3.63, 3.8) is 0 Å². The maximum absolute atomic E-state index is 13.6. The zero-order valence-corrected chi connectivity index (χ0v) is 10.8. The number of hydrogen-bond acceptors (Lipinski definition) is 5. The highest BCUT2D eigenvalue weighted by Crippen LogP contribution is 2.22. The van der Waals surface area contributed by atoms with Gasteiger partial charge >= 0.3 is 0 Å². The normalized spacial score (nSPS) is 10.6. The number of nitrogens with two attached hydrogens (primary N) is 1. The fourth-order valence-electron chi connectivity index (χ4n) is 1.64. The predicted molar refractivity (Wildman–Crippen MR) is 73.6 cm³/mol. The topological polar surface area (TPSA) is 75.9 Å². The van der Waals surface area contributed by atoms with Crippen molar-refractivity contribution >= 4 is 17.5 Å². The summed E-state index contributed by atoms with van der Waals surface area (Å²) in [6.07, 6.45) is 1.07. The van der Waals surface area contributed by atoms with Gasteiger partial charge in [-0.2, -0.15) is 4.98 Å². The Kier molecular flexibility index (Phi) is 3.91. The molecular formula is C13H16FN5. The molecular weight excluding hydrogens is 245 g/mol. The summed E-state index contributed by atoms with van der Waals surface area (Å²) < 4.78 is 13.6. The van der Waals surface area contributed by atoms with E-state index in [1.807, 2.05) is 24.3 Å². The molecule has 6 heteroatoms. The molecule has 1 aromatic heterocycles. The summed E-state index contributed by atoms with van der Waals surface area (Å²) in [7, 11) is 0. The van der Waals surface area contributed by atoms with Gasteiger partial charge in [0.2, 0.25) is 5.95 Å². The second-order valence-electron chi connectivity index (χ2n) is 4.44. The van der Waals surface area contributed by atoms with E-state index in [9.17, 15) is 4.39 Å². The van der Waals surface area contributed by atoms with Crippen LogP contribution in [0.3, 0.4) is 0 Å². The molecule has 2 aromatic rings. The lowest BCUT2D eigenvalue weighted by Crippen LogP contribution is -2.12. The smallest absolute Gasteiger partial charge is 0.239 e. The molecule has 0 unspecified atom stereocenters. The second-order valence-corrected chi connectivity index (χ2v) is 4.44. The molecule has 0 amide bonds. The van der Waals surface area contributed by atoms with Gasteiger partial charge in [-0.15, -0.1) is 0 Å². The maximum Gasteiger partial charge on any atom is 0.239 e. The minimum absolute atomic E-state index is 0.0869. The number of aromatic nitrogens is 2. The monoisotopic (exact) mass is 261 g/mol. The van der Waals surface area contributed by atoms with E-state index in [0.717, 1.165) is 17.4 Å². The second kappa shape index (κ2) is 5.62. The SMILES string of the molecule is CC(C)c1cccc(Nc2nc(NN)ncc2F)c1. The fourth-order valence-corrected chi connectivity index (χ4v) is 1.64. The van der Waals surface area contributed by atoms with Crippen molar-refractivity contribution < 1.29 is 4.39 Å². The van der Waals surface area contributed by atoms with Gasteiger partial charge in [-0.25, -0.2) is 15.2 Å². The molecule has 0 saturated heterocycles. The lowest BCUT2D eigenvalue weighted by molar-refractivity contribution is 0.619. The minimum atomic E-state index is -0.533. The molecule has 19 heavy (non-hydrogen) atoms. The summed E-state index contributed by atoms with van der Waals surface area (Å²) in [6.45, 7) is 4.20. The number of hydrogen-bond donors (Lipinski definition) is 3. The molecule has 0 aliphatic carbocycles. The average molecular weight is 261 g/mol. The molecule has 0 saturated carbocycles. The highest BCUT2D eigenvalue weighted by Gasteiger charge is 2.07. The number of nitrogens with zero attached hydrogens (tertiary/aromatic N) is 2. The molecule has 2 rings (SSSR count). The zero-order chi connectivity index (χ0) is 13.8. The van der Waals surface area contributed by atoms with Crippen molar-refractivity contribution in [2.45, 2.75) is 19.8 Å². The largest absolute Gasteiger partial charge is 0.338 e. The Morgan fingerprint density at radius 2 is 2.11 bits per heavy atom. The Morgan fingerprint density at radius 1 is 1.32 bits per heavy atom. The molecule has 0 aliphatic rings. The van der Waals surface area contributed by atoms with Gasteiger partial charge in [0.15, 0.2) is 11.6 Å². The van der Waals surface area contributed by atoms with E-state index >= 15 is 0 Å². The van der Waals surface area contributed by atoms with E-state index in [-0.39, 0.29) is 11.8 Å². The van der Waals surface area contributed by atoms with Crippen LogP contribution >= 0.6 is 0 Å².